The van der Waals surface area contributed by atoms with Crippen LogP contribution in [0.4, 0.5) is 0 Å². The predicted octanol–water partition coefficient (Wildman–Crippen LogP) is 9.14. The zero-order chi connectivity index (χ0) is 34.1. The van der Waals surface area contributed by atoms with Gasteiger partial charge >= 0.3 is 35.6 Å². The molecule has 0 rings (SSSR count). The van der Waals surface area contributed by atoms with Crippen LogP contribution in [0.3, 0.4) is 0 Å². The van der Waals surface area contributed by atoms with Crippen molar-refractivity contribution in [1.29, 1.82) is 0 Å². The molecule has 0 aliphatic rings. The van der Waals surface area contributed by atoms with E-state index in [-0.39, 0.29) is 54.9 Å². The second-order valence-electron chi connectivity index (χ2n) is 12.9. The van der Waals surface area contributed by atoms with E-state index >= 15 is 0 Å². The molecule has 0 bridgehead atoms. The van der Waals surface area contributed by atoms with Crippen molar-refractivity contribution in [2.45, 2.75) is 233 Å². The normalized spacial score (nSPS) is 10.2. The minimum absolute atomic E-state index is 0. The van der Waals surface area contributed by atoms with Crippen molar-refractivity contribution in [2.24, 2.45) is 0 Å². The van der Waals surface area contributed by atoms with E-state index in [1.165, 1.54) is 154 Å². The van der Waals surface area contributed by atoms with Crippen LogP contribution in [0.15, 0.2) is 0 Å². The monoisotopic (exact) mass is 778 g/mol. The number of carbonyl (C=O) groups is 3. The molecule has 6 nitrogen and oxygen atoms in total. The van der Waals surface area contributed by atoms with Crippen LogP contribution < -0.4 is 15.3 Å². The van der Waals surface area contributed by atoms with Gasteiger partial charge in [0, 0.05) is 17.9 Å². The Morgan fingerprint density at radius 2 is 0.413 bits per heavy atom. The standard InChI is InChI=1S/3C13H26O2.La/c3*1-2-3-4-5-6-7-8-9-10-11-12-13(14)15;/h3*2-12H2,1H3,(H,14,15);/q;;;+3/p-3. The van der Waals surface area contributed by atoms with Crippen LogP contribution in [-0.2, 0) is 14.4 Å². The van der Waals surface area contributed by atoms with Gasteiger partial charge in [0.25, 0.3) is 0 Å². The summed E-state index contributed by atoms with van der Waals surface area (Å²) in [5.41, 5.74) is 0. The minimum Gasteiger partial charge on any atom is -0.550 e. The second kappa shape index (κ2) is 49.0. The smallest absolute Gasteiger partial charge is 0.550 e. The topological polar surface area (TPSA) is 120 Å². The van der Waals surface area contributed by atoms with Gasteiger partial charge in [-0.15, -0.1) is 0 Å². The molecule has 0 saturated carbocycles. The predicted molar refractivity (Wildman–Crippen MR) is 184 cm³/mol. The third-order valence-electron chi connectivity index (χ3n) is 8.20. The Morgan fingerprint density at radius 1 is 0.283 bits per heavy atom. The van der Waals surface area contributed by atoms with Crippen molar-refractivity contribution in [3.05, 3.63) is 0 Å². The molecule has 7 heteroatoms. The van der Waals surface area contributed by atoms with Gasteiger partial charge in [-0.3, -0.25) is 0 Å². The molecule has 0 N–H and O–H groups in total. The number of carbonyl (C=O) groups excluding carboxylic acids is 3. The summed E-state index contributed by atoms with van der Waals surface area (Å²) in [5.74, 6) is -2.72. The Kier molecular flexibility index (Phi) is 55.8. The van der Waals surface area contributed by atoms with Crippen molar-refractivity contribution in [2.75, 3.05) is 0 Å². The van der Waals surface area contributed by atoms with E-state index in [9.17, 15) is 29.7 Å². The average Bonchev–Trinajstić information content (AvgIpc) is 3.00. The number of aliphatic carboxylic acids is 3. The number of unbranched alkanes of at least 4 members (excludes halogenated alkanes) is 27. The van der Waals surface area contributed by atoms with Crippen LogP contribution in [0.1, 0.15) is 233 Å². The summed E-state index contributed by atoms with van der Waals surface area (Å²) >= 11 is 0. The van der Waals surface area contributed by atoms with Crippen molar-refractivity contribution < 1.29 is 65.3 Å². The third kappa shape index (κ3) is 62.4. The summed E-state index contributed by atoms with van der Waals surface area (Å²) in [6.07, 6.45) is 37.8. The fraction of sp³-hybridized carbons (Fsp3) is 0.923. The number of carboxylic acid groups (broad SMARTS) is 3. The summed E-state index contributed by atoms with van der Waals surface area (Å²) in [4.78, 5) is 30.4. The summed E-state index contributed by atoms with van der Waals surface area (Å²) in [7, 11) is 0. The fourth-order valence-electron chi connectivity index (χ4n) is 5.27. The Labute approximate surface area is 314 Å². The van der Waals surface area contributed by atoms with E-state index in [4.69, 9.17) is 0 Å². The van der Waals surface area contributed by atoms with E-state index in [1.807, 2.05) is 0 Å². The molecule has 0 saturated heterocycles. The number of hydrogen-bond donors (Lipinski definition) is 0. The van der Waals surface area contributed by atoms with Gasteiger partial charge < -0.3 is 29.7 Å². The maximum absolute atomic E-state index is 10.1. The maximum atomic E-state index is 10.1. The zero-order valence-corrected chi connectivity index (χ0v) is 34.5. The van der Waals surface area contributed by atoms with Crippen LogP contribution >= 0.6 is 0 Å². The molecule has 0 radical (unpaired) electrons. The molecular weight excluding hydrogens is 703 g/mol. The number of hydrogen-bond acceptors (Lipinski definition) is 6. The van der Waals surface area contributed by atoms with Crippen LogP contribution in [0.5, 0.6) is 0 Å². The molecule has 0 heterocycles. The average molecular weight is 779 g/mol. The molecule has 46 heavy (non-hydrogen) atoms. The van der Waals surface area contributed by atoms with Crippen LogP contribution in [0.25, 0.3) is 0 Å². The van der Waals surface area contributed by atoms with Gasteiger partial charge in [-0.05, 0) is 38.5 Å². The molecule has 0 aromatic rings. The SMILES string of the molecule is CCCCCCCCCCCCC(=O)[O-].CCCCCCCCCCCCC(=O)[O-].CCCCCCCCCCCCC(=O)[O-].[La+3]. The van der Waals surface area contributed by atoms with Crippen LogP contribution in [0, 0.1) is 35.6 Å². The number of carboxylic acids is 3. The first-order valence-corrected chi connectivity index (χ1v) is 19.4. The van der Waals surface area contributed by atoms with Crippen molar-refractivity contribution in [3.8, 4) is 0 Å². The van der Waals surface area contributed by atoms with Gasteiger partial charge in [0.1, 0.15) is 0 Å². The largest absolute Gasteiger partial charge is 3.00 e. The first-order valence-electron chi connectivity index (χ1n) is 19.4. The summed E-state index contributed by atoms with van der Waals surface area (Å²) in [5, 5.41) is 30.4. The van der Waals surface area contributed by atoms with E-state index in [2.05, 4.69) is 20.8 Å². The Hall–Kier alpha value is -0.395. The maximum Gasteiger partial charge on any atom is 3.00 e. The van der Waals surface area contributed by atoms with Gasteiger partial charge in [0.15, 0.2) is 0 Å². The first-order chi connectivity index (χ1) is 21.8. The van der Waals surface area contributed by atoms with Crippen LogP contribution in [-0.4, -0.2) is 17.9 Å². The number of rotatable bonds is 33. The van der Waals surface area contributed by atoms with Gasteiger partial charge in [0.05, 0.1) is 0 Å². The Bertz CT molecular complexity index is 518. The van der Waals surface area contributed by atoms with Crippen molar-refractivity contribution in [3.63, 3.8) is 0 Å². The van der Waals surface area contributed by atoms with Gasteiger partial charge in [-0.1, -0.05) is 194 Å². The van der Waals surface area contributed by atoms with E-state index < -0.39 is 17.9 Å². The van der Waals surface area contributed by atoms with Crippen molar-refractivity contribution >= 4 is 17.9 Å². The molecule has 0 amide bonds. The molecule has 0 aliphatic heterocycles. The molecule has 0 aromatic heterocycles. The van der Waals surface area contributed by atoms with Gasteiger partial charge in [-0.2, -0.15) is 0 Å². The molecule has 0 spiro atoms. The quantitative estimate of drug-likeness (QED) is 0.0613. The molecule has 0 atom stereocenters. The molecule has 270 valence electrons. The van der Waals surface area contributed by atoms with E-state index in [1.54, 1.807) is 0 Å². The summed E-state index contributed by atoms with van der Waals surface area (Å²) in [6.45, 7) is 6.70. The molecule has 0 aliphatic carbocycles. The Morgan fingerprint density at radius 3 is 0.543 bits per heavy atom. The van der Waals surface area contributed by atoms with E-state index in [0.717, 1.165) is 38.5 Å². The molecule has 0 unspecified atom stereocenters. The van der Waals surface area contributed by atoms with Gasteiger partial charge in [-0.25, -0.2) is 0 Å². The van der Waals surface area contributed by atoms with Crippen molar-refractivity contribution in [1.82, 2.24) is 0 Å². The summed E-state index contributed by atoms with van der Waals surface area (Å²) < 4.78 is 0. The van der Waals surface area contributed by atoms with Gasteiger partial charge in [0.2, 0.25) is 0 Å². The van der Waals surface area contributed by atoms with E-state index in [0.29, 0.717) is 0 Å². The zero-order valence-electron chi connectivity index (χ0n) is 30.9. The molecular formula is C39H75LaO6. The first kappa shape index (κ1) is 52.4. The Balaban J connectivity index is -0.000000285. The van der Waals surface area contributed by atoms with Crippen LogP contribution in [0.2, 0.25) is 0 Å². The molecule has 0 fully saturated rings. The summed E-state index contributed by atoms with van der Waals surface area (Å²) in [6, 6.07) is 0. The fourth-order valence-corrected chi connectivity index (χ4v) is 5.27. The third-order valence-corrected chi connectivity index (χ3v) is 8.20. The minimum atomic E-state index is -0.908. The molecule has 0 aromatic carbocycles. The second-order valence-corrected chi connectivity index (χ2v) is 12.9.